The molecule has 1 fully saturated rings. The van der Waals surface area contributed by atoms with E-state index >= 15 is 0 Å². The van der Waals surface area contributed by atoms with Gasteiger partial charge in [-0.05, 0) is 73.7 Å². The first-order chi connectivity index (χ1) is 18.8. The zero-order chi connectivity index (χ0) is 27.9. The Hall–Kier alpha value is -3.32. The number of esters is 1. The van der Waals surface area contributed by atoms with E-state index in [9.17, 15) is 18.0 Å². The normalized spacial score (nSPS) is 16.1. The van der Waals surface area contributed by atoms with E-state index in [-0.39, 0.29) is 5.97 Å². The lowest BCUT2D eigenvalue weighted by Crippen LogP contribution is -2.47. The monoisotopic (exact) mass is 538 g/mol. The van der Waals surface area contributed by atoms with E-state index in [1.54, 1.807) is 6.07 Å². The lowest BCUT2D eigenvalue weighted by Gasteiger charge is -2.37. The molecule has 208 valence electrons. The Balaban J connectivity index is 1.32. The van der Waals surface area contributed by atoms with Crippen LogP contribution in [-0.2, 0) is 21.1 Å². The summed E-state index contributed by atoms with van der Waals surface area (Å²) in [4.78, 5) is 17.8. The summed E-state index contributed by atoms with van der Waals surface area (Å²) < 4.78 is 44.8. The maximum atomic E-state index is 13.1. The van der Waals surface area contributed by atoms with Crippen LogP contribution in [0.25, 0.3) is 11.1 Å². The van der Waals surface area contributed by atoms with E-state index in [1.165, 1.54) is 12.1 Å². The van der Waals surface area contributed by atoms with Gasteiger partial charge in [0.2, 0.25) is 0 Å². The molecule has 39 heavy (non-hydrogen) atoms. The Morgan fingerprint density at radius 2 is 1.49 bits per heavy atom. The number of hydrogen-bond donors (Lipinski definition) is 0. The Morgan fingerprint density at radius 3 is 2.10 bits per heavy atom. The van der Waals surface area contributed by atoms with Crippen LogP contribution in [-0.4, -0.2) is 50.2 Å². The largest absolute Gasteiger partial charge is 0.465 e. The number of ether oxygens (including phenoxy) is 1. The first-order valence-corrected chi connectivity index (χ1v) is 13.7. The van der Waals surface area contributed by atoms with Gasteiger partial charge in [-0.15, -0.1) is 0 Å². The Kier molecular flexibility index (Phi) is 9.33. The molecule has 4 rings (SSSR count). The summed E-state index contributed by atoms with van der Waals surface area (Å²) in [7, 11) is 0. The topological polar surface area (TPSA) is 32.8 Å². The third-order valence-electron chi connectivity index (χ3n) is 7.80. The van der Waals surface area contributed by atoms with Crippen molar-refractivity contribution in [2.75, 3.05) is 44.2 Å². The minimum Gasteiger partial charge on any atom is -0.465 e. The molecule has 1 atom stereocenters. The van der Waals surface area contributed by atoms with Crippen LogP contribution in [0.4, 0.5) is 18.9 Å². The van der Waals surface area contributed by atoms with Crippen molar-refractivity contribution in [2.24, 2.45) is 0 Å². The molecule has 1 aliphatic rings. The maximum absolute atomic E-state index is 13.1. The first-order valence-electron chi connectivity index (χ1n) is 13.7. The van der Waals surface area contributed by atoms with Gasteiger partial charge in [0.1, 0.15) is 0 Å². The van der Waals surface area contributed by atoms with Gasteiger partial charge in [-0.1, -0.05) is 61.5 Å². The molecule has 0 bridgehead atoms. The molecule has 0 N–H and O–H groups in total. The molecule has 0 aromatic heterocycles. The molecule has 1 unspecified atom stereocenters. The average molecular weight is 539 g/mol. The number of alkyl halides is 3. The van der Waals surface area contributed by atoms with Gasteiger partial charge in [0.25, 0.3) is 0 Å². The smallest absolute Gasteiger partial charge is 0.416 e. The van der Waals surface area contributed by atoms with Crippen molar-refractivity contribution in [2.45, 2.75) is 44.7 Å². The standard InChI is InChI=1S/C32H37F3N2O2/c1-3-31(30(38)39-4-2,27-11-6-5-7-12-27)18-9-19-36-20-22-37(23-21-36)29-16-14-25(15-17-29)26-10-8-13-28(24-26)32(33,34)35/h5-8,10-17,24H,3-4,9,18-23H2,1-2H3. The van der Waals surface area contributed by atoms with Crippen molar-refractivity contribution in [1.29, 1.82) is 0 Å². The number of carbonyl (C=O) groups excluding carboxylic acids is 1. The van der Waals surface area contributed by atoms with Gasteiger partial charge in [-0.2, -0.15) is 13.2 Å². The Morgan fingerprint density at radius 1 is 0.821 bits per heavy atom. The number of anilines is 1. The quantitative estimate of drug-likeness (QED) is 0.256. The molecular weight excluding hydrogens is 501 g/mol. The summed E-state index contributed by atoms with van der Waals surface area (Å²) in [6.45, 7) is 8.77. The van der Waals surface area contributed by atoms with Crippen LogP contribution in [0.5, 0.6) is 0 Å². The maximum Gasteiger partial charge on any atom is 0.416 e. The van der Waals surface area contributed by atoms with E-state index in [0.29, 0.717) is 18.6 Å². The van der Waals surface area contributed by atoms with Crippen LogP contribution in [0, 0.1) is 0 Å². The number of piperazine rings is 1. The van der Waals surface area contributed by atoms with Crippen LogP contribution in [0.1, 0.15) is 44.2 Å². The van der Waals surface area contributed by atoms with E-state index in [1.807, 2.05) is 61.5 Å². The molecule has 0 amide bonds. The van der Waals surface area contributed by atoms with Crippen molar-refractivity contribution in [3.8, 4) is 11.1 Å². The van der Waals surface area contributed by atoms with Gasteiger partial charge >= 0.3 is 12.1 Å². The summed E-state index contributed by atoms with van der Waals surface area (Å²) in [6.07, 6.45) is -2.02. The highest BCUT2D eigenvalue weighted by Gasteiger charge is 2.39. The van der Waals surface area contributed by atoms with Crippen molar-refractivity contribution in [3.63, 3.8) is 0 Å². The molecule has 3 aromatic carbocycles. The molecule has 7 heteroatoms. The lowest BCUT2D eigenvalue weighted by molar-refractivity contribution is -0.151. The predicted octanol–water partition coefficient (Wildman–Crippen LogP) is 7.19. The van der Waals surface area contributed by atoms with Crippen molar-refractivity contribution >= 4 is 11.7 Å². The molecule has 0 aliphatic carbocycles. The number of rotatable bonds is 10. The van der Waals surface area contributed by atoms with Gasteiger partial charge in [0.05, 0.1) is 17.6 Å². The molecule has 0 radical (unpaired) electrons. The summed E-state index contributed by atoms with van der Waals surface area (Å²) in [5.74, 6) is -0.142. The molecular formula is C32H37F3N2O2. The summed E-state index contributed by atoms with van der Waals surface area (Å²) in [5.41, 5.74) is 2.15. The zero-order valence-electron chi connectivity index (χ0n) is 22.7. The van der Waals surface area contributed by atoms with Gasteiger partial charge < -0.3 is 9.64 Å². The average Bonchev–Trinajstić information content (AvgIpc) is 2.96. The molecule has 3 aromatic rings. The van der Waals surface area contributed by atoms with Crippen LogP contribution < -0.4 is 4.90 Å². The van der Waals surface area contributed by atoms with Crippen LogP contribution in [0.2, 0.25) is 0 Å². The van der Waals surface area contributed by atoms with Crippen molar-refractivity contribution in [3.05, 3.63) is 90.0 Å². The van der Waals surface area contributed by atoms with Crippen LogP contribution in [0.15, 0.2) is 78.9 Å². The first kappa shape index (κ1) is 28.7. The second kappa shape index (κ2) is 12.7. The molecule has 0 saturated carbocycles. The van der Waals surface area contributed by atoms with Crippen molar-refractivity contribution < 1.29 is 22.7 Å². The van der Waals surface area contributed by atoms with Gasteiger partial charge in [0.15, 0.2) is 0 Å². The number of benzene rings is 3. The highest BCUT2D eigenvalue weighted by molar-refractivity contribution is 5.83. The second-order valence-corrected chi connectivity index (χ2v) is 10.1. The summed E-state index contributed by atoms with van der Waals surface area (Å²) in [5, 5.41) is 0. The van der Waals surface area contributed by atoms with E-state index in [0.717, 1.165) is 68.4 Å². The highest BCUT2D eigenvalue weighted by atomic mass is 19.4. The molecule has 0 spiro atoms. The van der Waals surface area contributed by atoms with Gasteiger partial charge in [-0.25, -0.2) is 0 Å². The molecule has 1 heterocycles. The van der Waals surface area contributed by atoms with E-state index in [4.69, 9.17) is 4.74 Å². The fraction of sp³-hybridized carbons (Fsp3) is 0.406. The molecule has 1 aliphatic heterocycles. The van der Waals surface area contributed by atoms with E-state index in [2.05, 4.69) is 16.7 Å². The minimum absolute atomic E-state index is 0.142. The number of halogens is 3. The second-order valence-electron chi connectivity index (χ2n) is 10.1. The summed E-state index contributed by atoms with van der Waals surface area (Å²) in [6, 6.07) is 23.2. The van der Waals surface area contributed by atoms with Gasteiger partial charge in [-0.3, -0.25) is 9.69 Å². The highest BCUT2D eigenvalue weighted by Crippen LogP contribution is 2.35. The third-order valence-corrected chi connectivity index (χ3v) is 7.80. The zero-order valence-corrected chi connectivity index (χ0v) is 22.7. The van der Waals surface area contributed by atoms with Gasteiger partial charge in [0, 0.05) is 31.9 Å². The van der Waals surface area contributed by atoms with Crippen molar-refractivity contribution in [1.82, 2.24) is 4.90 Å². The predicted molar refractivity (Wildman–Crippen MR) is 150 cm³/mol. The number of nitrogens with zero attached hydrogens (tertiary/aromatic N) is 2. The Bertz CT molecular complexity index is 1210. The number of carbonyl (C=O) groups is 1. The lowest BCUT2D eigenvalue weighted by atomic mass is 9.74. The fourth-order valence-electron chi connectivity index (χ4n) is 5.49. The minimum atomic E-state index is -4.35. The van der Waals surface area contributed by atoms with Crippen LogP contribution in [0.3, 0.4) is 0 Å². The molecule has 4 nitrogen and oxygen atoms in total. The van der Waals surface area contributed by atoms with E-state index < -0.39 is 17.2 Å². The summed E-state index contributed by atoms with van der Waals surface area (Å²) >= 11 is 0. The van der Waals surface area contributed by atoms with Crippen LogP contribution >= 0.6 is 0 Å². The molecule has 1 saturated heterocycles. The third kappa shape index (κ3) is 6.82. The SMILES string of the molecule is CCOC(=O)C(CC)(CCCN1CCN(c2ccc(-c3cccc(C(F)(F)F)c3)cc2)CC1)c1ccccc1. The number of hydrogen-bond acceptors (Lipinski definition) is 4. The fourth-order valence-corrected chi connectivity index (χ4v) is 5.49. The Labute approximate surface area is 229 Å².